The topological polar surface area (TPSA) is 38.9 Å². The number of aryl methyl sites for hydroxylation is 2. The normalized spacial score (nSPS) is 20.0. The Balaban J connectivity index is 1.90. The standard InChI is InChI=1S/C16H20N2S/c1-2-12-8-9-14(19-12)15(17)13-7-3-5-11-6-4-10-18-16(11)13/h4,6,8-10,13,15H,2-3,5,7,17H2,1H3. The van der Waals surface area contributed by atoms with Gasteiger partial charge >= 0.3 is 0 Å². The number of fused-ring (bicyclic) bond motifs is 1. The van der Waals surface area contributed by atoms with Crippen LogP contribution in [0.15, 0.2) is 30.5 Å². The van der Waals surface area contributed by atoms with Crippen molar-refractivity contribution in [1.82, 2.24) is 4.98 Å². The number of hydrogen-bond donors (Lipinski definition) is 1. The van der Waals surface area contributed by atoms with Gasteiger partial charge in [-0.25, -0.2) is 0 Å². The maximum absolute atomic E-state index is 6.52. The van der Waals surface area contributed by atoms with Gasteiger partial charge in [-0.3, -0.25) is 4.98 Å². The summed E-state index contributed by atoms with van der Waals surface area (Å²) in [6.45, 7) is 2.19. The van der Waals surface area contributed by atoms with E-state index in [1.165, 1.54) is 27.4 Å². The zero-order chi connectivity index (χ0) is 13.2. The highest BCUT2D eigenvalue weighted by atomic mass is 32.1. The first kappa shape index (κ1) is 12.8. The van der Waals surface area contributed by atoms with Crippen molar-refractivity contribution >= 4 is 11.3 Å². The SMILES string of the molecule is CCc1ccc(C(N)C2CCCc3cccnc32)s1. The van der Waals surface area contributed by atoms with Gasteiger partial charge in [-0.1, -0.05) is 13.0 Å². The third-order valence-electron chi connectivity index (χ3n) is 4.03. The molecular weight excluding hydrogens is 252 g/mol. The molecule has 0 fully saturated rings. The molecule has 0 saturated heterocycles. The average molecular weight is 272 g/mol. The quantitative estimate of drug-likeness (QED) is 0.922. The molecule has 2 nitrogen and oxygen atoms in total. The van der Waals surface area contributed by atoms with E-state index in [0.717, 1.165) is 19.3 Å². The second kappa shape index (κ2) is 5.43. The Labute approximate surface area is 118 Å². The van der Waals surface area contributed by atoms with Gasteiger partial charge in [0.05, 0.1) is 0 Å². The van der Waals surface area contributed by atoms with Gasteiger partial charge in [0.15, 0.2) is 0 Å². The molecule has 2 unspecified atom stereocenters. The van der Waals surface area contributed by atoms with Crippen molar-refractivity contribution < 1.29 is 0 Å². The van der Waals surface area contributed by atoms with Crippen LogP contribution in [0.3, 0.4) is 0 Å². The number of thiophene rings is 1. The monoisotopic (exact) mass is 272 g/mol. The summed E-state index contributed by atoms with van der Waals surface area (Å²) in [5, 5.41) is 0. The van der Waals surface area contributed by atoms with Gasteiger partial charge in [0.25, 0.3) is 0 Å². The fourth-order valence-electron chi connectivity index (χ4n) is 2.96. The van der Waals surface area contributed by atoms with E-state index in [-0.39, 0.29) is 6.04 Å². The molecule has 2 aromatic heterocycles. The maximum atomic E-state index is 6.52. The summed E-state index contributed by atoms with van der Waals surface area (Å²) in [4.78, 5) is 7.32. The van der Waals surface area contributed by atoms with Crippen LogP contribution in [-0.2, 0) is 12.8 Å². The van der Waals surface area contributed by atoms with Crippen molar-refractivity contribution in [2.45, 2.75) is 44.6 Å². The number of nitrogens with two attached hydrogens (primary N) is 1. The molecule has 0 spiro atoms. The highest BCUT2D eigenvalue weighted by Gasteiger charge is 2.28. The Hall–Kier alpha value is -1.19. The molecule has 0 bridgehead atoms. The van der Waals surface area contributed by atoms with Crippen molar-refractivity contribution in [3.63, 3.8) is 0 Å². The molecule has 1 aliphatic rings. The molecule has 0 radical (unpaired) electrons. The number of rotatable bonds is 3. The molecule has 0 amide bonds. The lowest BCUT2D eigenvalue weighted by atomic mass is 9.82. The highest BCUT2D eigenvalue weighted by molar-refractivity contribution is 7.12. The predicted molar refractivity (Wildman–Crippen MR) is 80.5 cm³/mol. The Morgan fingerprint density at radius 3 is 3.11 bits per heavy atom. The van der Waals surface area contributed by atoms with Crippen LogP contribution in [0.1, 0.15) is 52.7 Å². The lowest BCUT2D eigenvalue weighted by Crippen LogP contribution is -2.23. The highest BCUT2D eigenvalue weighted by Crippen LogP contribution is 2.39. The van der Waals surface area contributed by atoms with Crippen LogP contribution in [0.4, 0.5) is 0 Å². The van der Waals surface area contributed by atoms with Crippen LogP contribution in [0.5, 0.6) is 0 Å². The maximum Gasteiger partial charge on any atom is 0.0485 e. The van der Waals surface area contributed by atoms with Crippen molar-refractivity contribution in [2.24, 2.45) is 5.73 Å². The van der Waals surface area contributed by atoms with Crippen molar-refractivity contribution in [3.8, 4) is 0 Å². The minimum Gasteiger partial charge on any atom is -0.323 e. The zero-order valence-electron chi connectivity index (χ0n) is 11.3. The first-order chi connectivity index (χ1) is 9.29. The minimum atomic E-state index is 0.0965. The second-order valence-corrected chi connectivity index (χ2v) is 6.43. The fraction of sp³-hybridized carbons (Fsp3) is 0.438. The van der Waals surface area contributed by atoms with Gasteiger partial charge in [0, 0.05) is 33.6 Å². The van der Waals surface area contributed by atoms with Gasteiger partial charge in [-0.05, 0) is 49.4 Å². The second-order valence-electron chi connectivity index (χ2n) is 5.23. The molecule has 3 rings (SSSR count). The van der Waals surface area contributed by atoms with E-state index >= 15 is 0 Å². The molecule has 100 valence electrons. The lowest BCUT2D eigenvalue weighted by molar-refractivity contribution is 0.467. The van der Waals surface area contributed by atoms with E-state index in [1.807, 2.05) is 23.6 Å². The number of aromatic nitrogens is 1. The van der Waals surface area contributed by atoms with E-state index in [4.69, 9.17) is 5.73 Å². The van der Waals surface area contributed by atoms with Crippen LogP contribution >= 0.6 is 11.3 Å². The lowest BCUT2D eigenvalue weighted by Gasteiger charge is -2.28. The summed E-state index contributed by atoms with van der Waals surface area (Å²) in [5.74, 6) is 0.383. The smallest absolute Gasteiger partial charge is 0.0485 e. The molecule has 0 aliphatic heterocycles. The van der Waals surface area contributed by atoms with E-state index < -0.39 is 0 Å². The third kappa shape index (κ3) is 2.45. The first-order valence-electron chi connectivity index (χ1n) is 7.07. The fourth-order valence-corrected chi connectivity index (χ4v) is 3.98. The molecule has 2 N–H and O–H groups in total. The molecule has 2 atom stereocenters. The summed E-state index contributed by atoms with van der Waals surface area (Å²) in [5.41, 5.74) is 9.14. The van der Waals surface area contributed by atoms with Crippen LogP contribution in [0.2, 0.25) is 0 Å². The van der Waals surface area contributed by atoms with E-state index in [0.29, 0.717) is 5.92 Å². The van der Waals surface area contributed by atoms with Gasteiger partial charge < -0.3 is 5.73 Å². The Kier molecular flexibility index (Phi) is 3.67. The third-order valence-corrected chi connectivity index (χ3v) is 5.36. The Morgan fingerprint density at radius 1 is 1.42 bits per heavy atom. The molecule has 1 aliphatic carbocycles. The summed E-state index contributed by atoms with van der Waals surface area (Å²) >= 11 is 1.86. The number of hydrogen-bond acceptors (Lipinski definition) is 3. The van der Waals surface area contributed by atoms with Crippen LogP contribution in [-0.4, -0.2) is 4.98 Å². The van der Waals surface area contributed by atoms with Crippen LogP contribution in [0, 0.1) is 0 Å². The molecule has 19 heavy (non-hydrogen) atoms. The predicted octanol–water partition coefficient (Wildman–Crippen LogP) is 3.83. The molecule has 0 aromatic carbocycles. The average Bonchev–Trinajstić information content (AvgIpc) is 2.95. The molecule has 2 heterocycles. The van der Waals surface area contributed by atoms with E-state index in [1.54, 1.807) is 0 Å². The molecule has 3 heteroatoms. The van der Waals surface area contributed by atoms with E-state index in [9.17, 15) is 0 Å². The first-order valence-corrected chi connectivity index (χ1v) is 7.89. The minimum absolute atomic E-state index is 0.0965. The van der Waals surface area contributed by atoms with Crippen LogP contribution < -0.4 is 5.73 Å². The summed E-state index contributed by atoms with van der Waals surface area (Å²) in [7, 11) is 0. The van der Waals surface area contributed by atoms with Crippen molar-refractivity contribution in [3.05, 3.63) is 51.5 Å². The molecular formula is C16H20N2S. The van der Waals surface area contributed by atoms with Gasteiger partial charge in [0.1, 0.15) is 0 Å². The molecule has 2 aromatic rings. The number of nitrogens with zero attached hydrogens (tertiary/aromatic N) is 1. The van der Waals surface area contributed by atoms with E-state index in [2.05, 4.69) is 30.1 Å². The van der Waals surface area contributed by atoms with Crippen molar-refractivity contribution in [2.75, 3.05) is 0 Å². The Morgan fingerprint density at radius 2 is 2.32 bits per heavy atom. The van der Waals surface area contributed by atoms with Gasteiger partial charge in [-0.2, -0.15) is 0 Å². The molecule has 0 saturated carbocycles. The number of pyridine rings is 1. The van der Waals surface area contributed by atoms with Gasteiger partial charge in [0.2, 0.25) is 0 Å². The largest absolute Gasteiger partial charge is 0.323 e. The summed E-state index contributed by atoms with van der Waals surface area (Å²) in [6.07, 6.45) is 6.53. The van der Waals surface area contributed by atoms with Crippen molar-refractivity contribution in [1.29, 1.82) is 0 Å². The zero-order valence-corrected chi connectivity index (χ0v) is 12.1. The Bertz CT molecular complexity index is 561. The summed E-state index contributed by atoms with van der Waals surface area (Å²) < 4.78 is 0. The summed E-state index contributed by atoms with van der Waals surface area (Å²) in [6, 6.07) is 8.74. The van der Waals surface area contributed by atoms with Crippen LogP contribution in [0.25, 0.3) is 0 Å². The van der Waals surface area contributed by atoms with Gasteiger partial charge in [-0.15, -0.1) is 11.3 Å².